The van der Waals surface area contributed by atoms with Crippen LogP contribution < -0.4 is 0 Å². The molecular formula is C10H6N2O. The lowest BCUT2D eigenvalue weighted by molar-refractivity contribution is 0.112. The van der Waals surface area contributed by atoms with Crippen LogP contribution in [0.5, 0.6) is 0 Å². The minimum absolute atomic E-state index is 0.453. The Balaban J connectivity index is 2.91. The molecule has 0 aliphatic rings. The smallest absolute Gasteiger partial charge is 0.152 e. The van der Waals surface area contributed by atoms with Crippen LogP contribution in [0.4, 0.5) is 0 Å². The lowest BCUT2D eigenvalue weighted by Gasteiger charge is -1.96. The molecule has 2 aromatic heterocycles. The Morgan fingerprint density at radius 2 is 2.46 bits per heavy atom. The number of rotatable bonds is 1. The van der Waals surface area contributed by atoms with E-state index in [1.54, 1.807) is 6.20 Å². The van der Waals surface area contributed by atoms with Crippen molar-refractivity contribution in [3.8, 4) is 12.3 Å². The number of H-pyrrole nitrogens is 1. The topological polar surface area (TPSA) is 45.8 Å². The van der Waals surface area contributed by atoms with Crippen LogP contribution in [-0.2, 0) is 0 Å². The average Bonchev–Trinajstić information content (AvgIpc) is 2.63. The molecule has 0 saturated carbocycles. The summed E-state index contributed by atoms with van der Waals surface area (Å²) in [6.45, 7) is 0. The lowest BCUT2D eigenvalue weighted by Crippen LogP contribution is -1.90. The van der Waals surface area contributed by atoms with E-state index in [1.165, 1.54) is 6.20 Å². The van der Waals surface area contributed by atoms with Crippen LogP contribution in [0.3, 0.4) is 0 Å². The Kier molecular flexibility index (Phi) is 1.60. The molecule has 3 heteroatoms. The molecule has 0 aliphatic carbocycles. The minimum Gasteiger partial charge on any atom is -0.346 e. The van der Waals surface area contributed by atoms with Crippen molar-refractivity contribution in [3.63, 3.8) is 0 Å². The van der Waals surface area contributed by atoms with E-state index in [2.05, 4.69) is 15.9 Å². The Morgan fingerprint density at radius 1 is 1.62 bits per heavy atom. The van der Waals surface area contributed by atoms with Gasteiger partial charge in [0.1, 0.15) is 5.65 Å². The maximum absolute atomic E-state index is 10.6. The summed E-state index contributed by atoms with van der Waals surface area (Å²) in [7, 11) is 0. The number of hydrogen-bond donors (Lipinski definition) is 1. The Bertz CT molecular complexity index is 505. The summed E-state index contributed by atoms with van der Waals surface area (Å²) in [5.41, 5.74) is 1.76. The van der Waals surface area contributed by atoms with Crippen molar-refractivity contribution in [2.45, 2.75) is 0 Å². The van der Waals surface area contributed by atoms with Gasteiger partial charge in [-0.05, 0) is 6.07 Å². The zero-order chi connectivity index (χ0) is 9.26. The SMILES string of the molecule is C#Cc1c(C=O)cnc2[nH]ccc12. The highest BCUT2D eigenvalue weighted by Crippen LogP contribution is 2.16. The van der Waals surface area contributed by atoms with Gasteiger partial charge in [0.2, 0.25) is 0 Å². The van der Waals surface area contributed by atoms with Gasteiger partial charge < -0.3 is 4.98 Å². The number of aromatic nitrogens is 2. The molecule has 0 unspecified atom stereocenters. The van der Waals surface area contributed by atoms with E-state index in [0.717, 1.165) is 5.39 Å². The highest BCUT2D eigenvalue weighted by molar-refractivity contribution is 5.91. The van der Waals surface area contributed by atoms with Crippen molar-refractivity contribution in [1.29, 1.82) is 0 Å². The standard InChI is InChI=1S/C10H6N2O/c1-2-8-7(6-13)5-12-10-9(8)3-4-11-10/h1,3-6H,(H,11,12). The quantitative estimate of drug-likeness (QED) is 0.518. The van der Waals surface area contributed by atoms with Crippen LogP contribution in [0.25, 0.3) is 11.0 Å². The van der Waals surface area contributed by atoms with Gasteiger partial charge in [0.15, 0.2) is 6.29 Å². The highest BCUT2D eigenvalue weighted by Gasteiger charge is 2.05. The Morgan fingerprint density at radius 3 is 3.15 bits per heavy atom. The second-order valence-corrected chi connectivity index (χ2v) is 2.59. The fraction of sp³-hybridized carbons (Fsp3) is 0. The molecule has 3 nitrogen and oxygen atoms in total. The van der Waals surface area contributed by atoms with Crippen LogP contribution >= 0.6 is 0 Å². The molecule has 2 aromatic rings. The second kappa shape index (κ2) is 2.76. The largest absolute Gasteiger partial charge is 0.346 e. The number of aldehydes is 1. The number of nitrogens with one attached hydrogen (secondary N) is 1. The van der Waals surface area contributed by atoms with Crippen molar-refractivity contribution in [2.24, 2.45) is 0 Å². The van der Waals surface area contributed by atoms with Crippen molar-refractivity contribution in [3.05, 3.63) is 29.6 Å². The van der Waals surface area contributed by atoms with Gasteiger partial charge in [-0.1, -0.05) is 5.92 Å². The average molecular weight is 170 g/mol. The zero-order valence-corrected chi connectivity index (χ0v) is 6.74. The predicted molar refractivity (Wildman–Crippen MR) is 49.4 cm³/mol. The second-order valence-electron chi connectivity index (χ2n) is 2.59. The van der Waals surface area contributed by atoms with Gasteiger partial charge >= 0.3 is 0 Å². The van der Waals surface area contributed by atoms with E-state index < -0.39 is 0 Å². The molecule has 0 atom stereocenters. The number of nitrogens with zero attached hydrogens (tertiary/aromatic N) is 1. The molecule has 2 heterocycles. The van der Waals surface area contributed by atoms with E-state index in [9.17, 15) is 4.79 Å². The fourth-order valence-electron chi connectivity index (χ4n) is 1.27. The van der Waals surface area contributed by atoms with E-state index in [-0.39, 0.29) is 0 Å². The molecule has 0 amide bonds. The first-order valence-electron chi connectivity index (χ1n) is 3.74. The van der Waals surface area contributed by atoms with Gasteiger partial charge in [0.25, 0.3) is 0 Å². The van der Waals surface area contributed by atoms with Crippen LogP contribution in [0.1, 0.15) is 15.9 Å². The predicted octanol–water partition coefficient (Wildman–Crippen LogP) is 1.36. The van der Waals surface area contributed by atoms with E-state index in [4.69, 9.17) is 6.42 Å². The summed E-state index contributed by atoms with van der Waals surface area (Å²) in [4.78, 5) is 17.6. The maximum atomic E-state index is 10.6. The molecular weight excluding hydrogens is 164 g/mol. The summed E-state index contributed by atoms with van der Waals surface area (Å²) in [6, 6.07) is 1.81. The molecule has 0 aliphatic heterocycles. The third-order valence-corrected chi connectivity index (χ3v) is 1.89. The van der Waals surface area contributed by atoms with Crippen LogP contribution in [0.2, 0.25) is 0 Å². The van der Waals surface area contributed by atoms with Gasteiger partial charge in [0.05, 0.1) is 0 Å². The fourth-order valence-corrected chi connectivity index (χ4v) is 1.27. The first-order chi connectivity index (χ1) is 6.36. The third kappa shape index (κ3) is 1.00. The summed E-state index contributed by atoms with van der Waals surface area (Å²) in [5.74, 6) is 2.48. The first-order valence-corrected chi connectivity index (χ1v) is 3.74. The summed E-state index contributed by atoms with van der Waals surface area (Å²) in [5, 5.41) is 0.812. The van der Waals surface area contributed by atoms with Gasteiger partial charge in [-0.25, -0.2) is 4.98 Å². The van der Waals surface area contributed by atoms with Crippen LogP contribution in [-0.4, -0.2) is 16.3 Å². The Labute approximate surface area is 74.8 Å². The molecule has 0 aromatic carbocycles. The van der Waals surface area contributed by atoms with Gasteiger partial charge in [0, 0.05) is 28.9 Å². The summed E-state index contributed by atoms with van der Waals surface area (Å²) >= 11 is 0. The molecule has 13 heavy (non-hydrogen) atoms. The van der Waals surface area contributed by atoms with E-state index in [1.807, 2.05) is 6.07 Å². The van der Waals surface area contributed by atoms with Crippen LogP contribution in [0.15, 0.2) is 18.5 Å². The Hall–Kier alpha value is -2.08. The number of pyridine rings is 1. The van der Waals surface area contributed by atoms with Crippen LogP contribution in [0, 0.1) is 12.3 Å². The molecule has 0 fully saturated rings. The third-order valence-electron chi connectivity index (χ3n) is 1.89. The number of terminal acetylenes is 1. The van der Waals surface area contributed by atoms with Gasteiger partial charge in [-0.2, -0.15) is 0 Å². The number of carbonyl (C=O) groups is 1. The summed E-state index contributed by atoms with van der Waals surface area (Å²) < 4.78 is 0. The molecule has 0 bridgehead atoms. The highest BCUT2D eigenvalue weighted by atomic mass is 16.1. The first kappa shape index (κ1) is 7.56. The van der Waals surface area contributed by atoms with Gasteiger partial charge in [-0.3, -0.25) is 4.79 Å². The van der Waals surface area contributed by atoms with Crippen molar-refractivity contribution >= 4 is 17.3 Å². The maximum Gasteiger partial charge on any atom is 0.152 e. The van der Waals surface area contributed by atoms with Crippen molar-refractivity contribution in [2.75, 3.05) is 0 Å². The molecule has 0 spiro atoms. The normalized spacial score (nSPS) is 9.77. The summed E-state index contributed by atoms with van der Waals surface area (Å²) in [6.07, 6.45) is 9.23. The monoisotopic (exact) mass is 170 g/mol. The van der Waals surface area contributed by atoms with Crippen molar-refractivity contribution < 1.29 is 4.79 Å². The number of carbonyl (C=O) groups excluding carboxylic acids is 1. The van der Waals surface area contributed by atoms with Crippen molar-refractivity contribution in [1.82, 2.24) is 9.97 Å². The zero-order valence-electron chi connectivity index (χ0n) is 6.74. The van der Waals surface area contributed by atoms with Gasteiger partial charge in [-0.15, -0.1) is 6.42 Å². The van der Waals surface area contributed by atoms with E-state index >= 15 is 0 Å². The number of fused-ring (bicyclic) bond motifs is 1. The molecule has 2 rings (SSSR count). The van der Waals surface area contributed by atoms with E-state index in [0.29, 0.717) is 23.1 Å². The molecule has 62 valence electrons. The number of aromatic amines is 1. The molecule has 0 saturated heterocycles. The molecule has 0 radical (unpaired) electrons. The lowest BCUT2D eigenvalue weighted by atomic mass is 10.1. The minimum atomic E-state index is 0.453. The number of hydrogen-bond acceptors (Lipinski definition) is 2. The molecule has 1 N–H and O–H groups in total.